The summed E-state index contributed by atoms with van der Waals surface area (Å²) in [4.78, 5) is 4.56. The van der Waals surface area contributed by atoms with Crippen LogP contribution in [-0.2, 0) is 0 Å². The summed E-state index contributed by atoms with van der Waals surface area (Å²) in [6.07, 6.45) is 7.41. The maximum atomic E-state index is 6.21. The van der Waals surface area contributed by atoms with Crippen molar-refractivity contribution in [2.75, 3.05) is 17.3 Å². The predicted octanol–water partition coefficient (Wildman–Crippen LogP) is 4.27. The Bertz CT molecular complexity index is 608. The molecule has 5 heteroatoms. The van der Waals surface area contributed by atoms with Crippen molar-refractivity contribution in [1.29, 1.82) is 0 Å². The average molecular weight is 307 g/mol. The van der Waals surface area contributed by atoms with Gasteiger partial charge in [0.1, 0.15) is 0 Å². The van der Waals surface area contributed by atoms with Crippen molar-refractivity contribution in [3.8, 4) is 0 Å². The van der Waals surface area contributed by atoms with Crippen LogP contribution < -0.4 is 11.1 Å². The van der Waals surface area contributed by atoms with Crippen LogP contribution in [0.4, 0.5) is 11.4 Å². The molecule has 1 fully saturated rings. The Balaban J connectivity index is 1.87. The van der Waals surface area contributed by atoms with Crippen molar-refractivity contribution in [3.05, 3.63) is 17.1 Å². The molecule has 1 saturated carbocycles. The molecule has 0 saturated heterocycles. The van der Waals surface area contributed by atoms with E-state index in [1.165, 1.54) is 30.4 Å². The third kappa shape index (κ3) is 2.74. The number of thiazole rings is 1. The van der Waals surface area contributed by atoms with Crippen LogP contribution >= 0.6 is 23.1 Å². The SMILES string of the molecule is CSC1CCCCC1Nc1cc2nc(C)sc2cc1N. The number of benzene rings is 1. The molecule has 3 nitrogen and oxygen atoms in total. The Morgan fingerprint density at radius 1 is 1.35 bits per heavy atom. The minimum atomic E-state index is 0.526. The van der Waals surface area contributed by atoms with E-state index < -0.39 is 0 Å². The second kappa shape index (κ2) is 5.82. The number of nitrogens with zero attached hydrogens (tertiary/aromatic N) is 1. The Morgan fingerprint density at radius 2 is 2.15 bits per heavy atom. The topological polar surface area (TPSA) is 50.9 Å². The first-order valence-corrected chi connectivity index (χ1v) is 9.24. The number of thioether (sulfide) groups is 1. The Labute approximate surface area is 128 Å². The third-order valence-electron chi connectivity index (χ3n) is 4.01. The van der Waals surface area contributed by atoms with Crippen LogP contribution in [-0.4, -0.2) is 22.5 Å². The molecule has 0 spiro atoms. The largest absolute Gasteiger partial charge is 0.397 e. The van der Waals surface area contributed by atoms with Crippen molar-refractivity contribution >= 4 is 44.7 Å². The lowest BCUT2D eigenvalue weighted by Crippen LogP contribution is -2.34. The van der Waals surface area contributed by atoms with Gasteiger partial charge >= 0.3 is 0 Å². The highest BCUT2D eigenvalue weighted by Crippen LogP contribution is 2.34. The molecule has 0 amide bonds. The van der Waals surface area contributed by atoms with E-state index in [2.05, 4.69) is 28.7 Å². The van der Waals surface area contributed by atoms with Gasteiger partial charge in [0, 0.05) is 11.3 Å². The fourth-order valence-corrected chi connectivity index (χ4v) is 4.77. The fraction of sp³-hybridized carbons (Fsp3) is 0.533. The molecule has 1 heterocycles. The van der Waals surface area contributed by atoms with Crippen molar-refractivity contribution < 1.29 is 0 Å². The molecule has 0 radical (unpaired) electrons. The summed E-state index contributed by atoms with van der Waals surface area (Å²) in [6, 6.07) is 4.69. The van der Waals surface area contributed by atoms with Crippen LogP contribution in [0.15, 0.2) is 12.1 Å². The highest BCUT2D eigenvalue weighted by molar-refractivity contribution is 7.99. The second-order valence-electron chi connectivity index (χ2n) is 5.45. The van der Waals surface area contributed by atoms with Gasteiger partial charge < -0.3 is 11.1 Å². The maximum absolute atomic E-state index is 6.21. The van der Waals surface area contributed by atoms with Gasteiger partial charge in [0.15, 0.2) is 0 Å². The summed E-state index contributed by atoms with van der Waals surface area (Å²) >= 11 is 3.67. The van der Waals surface area contributed by atoms with E-state index >= 15 is 0 Å². The molecule has 2 aromatic rings. The van der Waals surface area contributed by atoms with Gasteiger partial charge in [-0.05, 0) is 38.2 Å². The van der Waals surface area contributed by atoms with Crippen molar-refractivity contribution in [2.24, 2.45) is 0 Å². The van der Waals surface area contributed by atoms with E-state index in [1.54, 1.807) is 11.3 Å². The van der Waals surface area contributed by atoms with Crippen LogP contribution in [0.25, 0.3) is 10.2 Å². The van der Waals surface area contributed by atoms with E-state index in [0.717, 1.165) is 21.9 Å². The fourth-order valence-electron chi connectivity index (χ4n) is 2.97. The number of aryl methyl sites for hydroxylation is 1. The maximum Gasteiger partial charge on any atom is 0.0907 e. The zero-order chi connectivity index (χ0) is 14.1. The number of fused-ring (bicyclic) bond motifs is 1. The van der Waals surface area contributed by atoms with Gasteiger partial charge in [0.2, 0.25) is 0 Å². The zero-order valence-corrected chi connectivity index (χ0v) is 13.6. The summed E-state index contributed by atoms with van der Waals surface area (Å²) in [6.45, 7) is 2.04. The normalized spacial score (nSPS) is 23.1. The van der Waals surface area contributed by atoms with E-state index in [-0.39, 0.29) is 0 Å². The molecular weight excluding hydrogens is 286 g/mol. The first-order chi connectivity index (χ1) is 9.67. The van der Waals surface area contributed by atoms with Crippen LogP contribution in [0.2, 0.25) is 0 Å². The molecule has 20 heavy (non-hydrogen) atoms. The molecule has 0 bridgehead atoms. The summed E-state index contributed by atoms with van der Waals surface area (Å²) in [5.74, 6) is 0. The Kier molecular flexibility index (Phi) is 4.08. The first kappa shape index (κ1) is 14.0. The van der Waals surface area contributed by atoms with E-state index in [1.807, 2.05) is 18.7 Å². The predicted molar refractivity (Wildman–Crippen MR) is 92.0 cm³/mol. The van der Waals surface area contributed by atoms with Crippen LogP contribution in [0.1, 0.15) is 30.7 Å². The minimum absolute atomic E-state index is 0.526. The number of nitrogen functional groups attached to an aromatic ring is 1. The van der Waals surface area contributed by atoms with Gasteiger partial charge in [0.05, 0.1) is 26.6 Å². The Hall–Kier alpha value is -0.940. The summed E-state index contributed by atoms with van der Waals surface area (Å²) < 4.78 is 1.18. The summed E-state index contributed by atoms with van der Waals surface area (Å²) in [5.41, 5.74) is 9.15. The van der Waals surface area contributed by atoms with Gasteiger partial charge in [-0.2, -0.15) is 11.8 Å². The number of nitrogens with two attached hydrogens (primary N) is 1. The number of nitrogens with one attached hydrogen (secondary N) is 1. The lowest BCUT2D eigenvalue weighted by atomic mass is 9.94. The minimum Gasteiger partial charge on any atom is -0.397 e. The molecule has 1 aromatic carbocycles. The van der Waals surface area contributed by atoms with Gasteiger partial charge in [0.25, 0.3) is 0 Å². The van der Waals surface area contributed by atoms with Gasteiger partial charge in [-0.15, -0.1) is 11.3 Å². The molecule has 2 atom stereocenters. The lowest BCUT2D eigenvalue weighted by molar-refractivity contribution is 0.475. The van der Waals surface area contributed by atoms with Crippen LogP contribution in [0.5, 0.6) is 0 Å². The molecule has 1 aliphatic carbocycles. The third-order valence-corrected chi connectivity index (χ3v) is 6.12. The highest BCUT2D eigenvalue weighted by Gasteiger charge is 2.24. The van der Waals surface area contributed by atoms with E-state index in [9.17, 15) is 0 Å². The molecule has 2 unspecified atom stereocenters. The van der Waals surface area contributed by atoms with Crippen LogP contribution in [0.3, 0.4) is 0 Å². The lowest BCUT2D eigenvalue weighted by Gasteiger charge is -2.32. The first-order valence-electron chi connectivity index (χ1n) is 7.13. The van der Waals surface area contributed by atoms with Gasteiger partial charge in [-0.3, -0.25) is 0 Å². The molecule has 3 N–H and O–H groups in total. The van der Waals surface area contributed by atoms with Crippen LogP contribution in [0, 0.1) is 6.92 Å². The molecule has 108 valence electrons. The van der Waals surface area contributed by atoms with Crippen molar-refractivity contribution in [2.45, 2.75) is 43.9 Å². The van der Waals surface area contributed by atoms with Gasteiger partial charge in [-0.25, -0.2) is 4.98 Å². The number of anilines is 2. The van der Waals surface area contributed by atoms with Crippen molar-refractivity contribution in [1.82, 2.24) is 4.98 Å². The standard InChI is InChI=1S/C15H21N3S2/c1-9-17-13-8-12(10(16)7-15(13)20-9)18-11-5-3-4-6-14(11)19-2/h7-8,11,14,18H,3-6,16H2,1-2H3. The Morgan fingerprint density at radius 3 is 2.95 bits per heavy atom. The number of hydrogen-bond donors (Lipinski definition) is 2. The number of rotatable bonds is 3. The molecular formula is C15H21N3S2. The molecule has 1 aromatic heterocycles. The molecule has 3 rings (SSSR count). The summed E-state index contributed by atoms with van der Waals surface area (Å²) in [5, 5.41) is 5.45. The molecule has 1 aliphatic rings. The monoisotopic (exact) mass is 307 g/mol. The van der Waals surface area contributed by atoms with E-state index in [0.29, 0.717) is 11.3 Å². The second-order valence-corrected chi connectivity index (χ2v) is 7.76. The zero-order valence-electron chi connectivity index (χ0n) is 12.0. The number of hydrogen-bond acceptors (Lipinski definition) is 5. The van der Waals surface area contributed by atoms with Crippen molar-refractivity contribution in [3.63, 3.8) is 0 Å². The average Bonchev–Trinajstić information content (AvgIpc) is 2.79. The smallest absolute Gasteiger partial charge is 0.0907 e. The quantitative estimate of drug-likeness (QED) is 0.831. The molecule has 0 aliphatic heterocycles. The van der Waals surface area contributed by atoms with Gasteiger partial charge in [-0.1, -0.05) is 12.8 Å². The summed E-state index contributed by atoms with van der Waals surface area (Å²) in [7, 11) is 0. The highest BCUT2D eigenvalue weighted by atomic mass is 32.2. The number of aromatic nitrogens is 1. The van der Waals surface area contributed by atoms with E-state index in [4.69, 9.17) is 5.73 Å².